The van der Waals surface area contributed by atoms with E-state index in [-0.39, 0.29) is 6.61 Å². The van der Waals surface area contributed by atoms with Crippen LogP contribution >= 0.6 is 0 Å². The van der Waals surface area contributed by atoms with Gasteiger partial charge < -0.3 is 38.0 Å². The normalized spacial score (nSPS) is 13.3. The highest BCUT2D eigenvalue weighted by Gasteiger charge is 2.46. The van der Waals surface area contributed by atoms with E-state index >= 15 is 0 Å². The average Bonchev–Trinajstić information content (AvgIpc) is 3.38. The zero-order valence-electron chi connectivity index (χ0n) is 32.3. The Morgan fingerprint density at radius 3 is 1.73 bits per heavy atom. The van der Waals surface area contributed by atoms with Crippen LogP contribution in [0.15, 0.2) is 72.8 Å². The number of aliphatic hydroxyl groups is 1. The van der Waals surface area contributed by atoms with Crippen molar-refractivity contribution in [3.05, 3.63) is 123 Å². The maximum atomic E-state index is 8.87. The number of ether oxygens (including phenoxy) is 6. The quantitative estimate of drug-likeness (QED) is 0.0666. The first-order valence-corrected chi connectivity index (χ1v) is 18.4. The van der Waals surface area contributed by atoms with Crippen LogP contribution in [0.5, 0.6) is 5.75 Å². The van der Waals surface area contributed by atoms with Crippen molar-refractivity contribution in [3.63, 3.8) is 0 Å². The number of quaternary nitrogens is 1. The van der Waals surface area contributed by atoms with Gasteiger partial charge in [0.05, 0.1) is 92.6 Å². The van der Waals surface area contributed by atoms with Crippen LogP contribution in [0.3, 0.4) is 0 Å². The SMILES string of the molecule is COCCOCCOc1ccc(C2(c3ccc(COCCOCCOCCO)c(C[N+](C)(C)C)c3)c3cc(C)ccc3-c3ccc(C)cc32)cc1C. The fourth-order valence-corrected chi connectivity index (χ4v) is 7.18. The van der Waals surface area contributed by atoms with E-state index in [9.17, 15) is 0 Å². The van der Waals surface area contributed by atoms with Crippen molar-refractivity contribution < 1.29 is 38.0 Å². The Morgan fingerprint density at radius 2 is 1.13 bits per heavy atom. The molecule has 0 amide bonds. The Morgan fingerprint density at radius 1 is 0.577 bits per heavy atom. The van der Waals surface area contributed by atoms with Crippen LogP contribution in [0.25, 0.3) is 11.1 Å². The van der Waals surface area contributed by atoms with Gasteiger partial charge in [0, 0.05) is 12.7 Å². The second kappa shape index (κ2) is 18.4. The summed E-state index contributed by atoms with van der Waals surface area (Å²) in [7, 11) is 8.38. The molecule has 0 bridgehead atoms. The van der Waals surface area contributed by atoms with E-state index in [4.69, 9.17) is 33.5 Å². The van der Waals surface area contributed by atoms with Gasteiger partial charge in [-0.05, 0) is 77.4 Å². The zero-order valence-corrected chi connectivity index (χ0v) is 32.3. The summed E-state index contributed by atoms with van der Waals surface area (Å²) in [4.78, 5) is 0. The van der Waals surface area contributed by atoms with Crippen LogP contribution in [-0.4, -0.2) is 104 Å². The van der Waals surface area contributed by atoms with Gasteiger partial charge in [0.15, 0.2) is 0 Å². The van der Waals surface area contributed by atoms with Gasteiger partial charge in [0.25, 0.3) is 0 Å². The maximum Gasteiger partial charge on any atom is 0.122 e. The van der Waals surface area contributed by atoms with Gasteiger partial charge in [-0.2, -0.15) is 0 Å². The van der Waals surface area contributed by atoms with Gasteiger partial charge in [0.2, 0.25) is 0 Å². The van der Waals surface area contributed by atoms with Crippen molar-refractivity contribution in [1.82, 2.24) is 0 Å². The number of methoxy groups -OCH3 is 1. The topological polar surface area (TPSA) is 75.6 Å². The highest BCUT2D eigenvalue weighted by Crippen LogP contribution is 2.57. The van der Waals surface area contributed by atoms with E-state index in [2.05, 4.69) is 115 Å². The summed E-state index contributed by atoms with van der Waals surface area (Å²) in [6.45, 7) is 12.2. The molecule has 8 heteroatoms. The van der Waals surface area contributed by atoms with Gasteiger partial charge in [-0.25, -0.2) is 0 Å². The first kappa shape index (κ1) is 39.6. The first-order valence-electron chi connectivity index (χ1n) is 18.4. The van der Waals surface area contributed by atoms with Gasteiger partial charge in [0.1, 0.15) is 18.9 Å². The number of aryl methyl sites for hydroxylation is 3. The second-order valence-electron chi connectivity index (χ2n) is 14.7. The molecule has 0 saturated heterocycles. The van der Waals surface area contributed by atoms with Gasteiger partial charge in [-0.15, -0.1) is 0 Å². The molecule has 0 unspecified atom stereocenters. The summed E-state index contributed by atoms with van der Waals surface area (Å²) in [5, 5.41) is 8.87. The fourth-order valence-electron chi connectivity index (χ4n) is 7.18. The van der Waals surface area contributed by atoms with Crippen LogP contribution in [0.4, 0.5) is 0 Å². The van der Waals surface area contributed by atoms with Crippen LogP contribution in [0, 0.1) is 20.8 Å². The number of nitrogens with zero attached hydrogens (tertiary/aromatic N) is 1. The van der Waals surface area contributed by atoms with Crippen molar-refractivity contribution in [2.24, 2.45) is 0 Å². The molecule has 4 aromatic rings. The maximum absolute atomic E-state index is 8.87. The highest BCUT2D eigenvalue weighted by atomic mass is 16.5. The number of hydrogen-bond donors (Lipinski definition) is 1. The van der Waals surface area contributed by atoms with E-state index in [1.165, 1.54) is 55.6 Å². The monoisotopic (exact) mass is 712 g/mol. The lowest BCUT2D eigenvalue weighted by atomic mass is 9.66. The third-order valence-corrected chi connectivity index (χ3v) is 9.49. The number of hydrogen-bond acceptors (Lipinski definition) is 7. The average molecular weight is 713 g/mol. The van der Waals surface area contributed by atoms with Gasteiger partial charge >= 0.3 is 0 Å². The van der Waals surface area contributed by atoms with Crippen LogP contribution in [-0.2, 0) is 42.3 Å². The molecule has 0 spiro atoms. The van der Waals surface area contributed by atoms with E-state index in [0.29, 0.717) is 66.1 Å². The Hall–Kier alpha value is -3.60. The minimum Gasteiger partial charge on any atom is -0.491 e. The predicted octanol–water partition coefficient (Wildman–Crippen LogP) is 6.77. The van der Waals surface area contributed by atoms with Crippen molar-refractivity contribution in [1.29, 1.82) is 0 Å². The van der Waals surface area contributed by atoms with E-state index in [1.54, 1.807) is 7.11 Å². The van der Waals surface area contributed by atoms with E-state index in [1.807, 2.05) is 0 Å². The summed E-state index contributed by atoms with van der Waals surface area (Å²) in [6, 6.07) is 27.5. The Kier molecular flexibility index (Phi) is 14.0. The smallest absolute Gasteiger partial charge is 0.122 e. The predicted molar refractivity (Wildman–Crippen MR) is 206 cm³/mol. The minimum atomic E-state index is -0.541. The number of aliphatic hydroxyl groups excluding tert-OH is 1. The summed E-state index contributed by atoms with van der Waals surface area (Å²) < 4.78 is 34.9. The zero-order chi connectivity index (χ0) is 37.1. The van der Waals surface area contributed by atoms with Crippen molar-refractivity contribution >= 4 is 0 Å². The number of fused-ring (bicyclic) bond motifs is 3. The molecule has 1 N–H and O–H groups in total. The molecule has 5 rings (SSSR count). The molecule has 0 saturated carbocycles. The summed E-state index contributed by atoms with van der Waals surface area (Å²) in [6.07, 6.45) is 0. The molecule has 280 valence electrons. The standard InChI is InChI=1S/C44H58NO7/c1-32-8-13-39-40-14-9-33(2)27-42(40)44(41(39)26-32,37-12-15-43(34(3)28-37)52-25-24-49-19-18-47-7)38-11-10-35(36(29-38)30-45(4,5)6)31-51-23-22-50-21-20-48-17-16-46/h8-15,26-29,46H,16-25,30-31H2,1-7H3/q+1. The Bertz CT molecular complexity index is 1710. The Balaban J connectivity index is 1.55. The van der Waals surface area contributed by atoms with Crippen LogP contribution < -0.4 is 4.74 Å². The molecule has 0 radical (unpaired) electrons. The van der Waals surface area contributed by atoms with Crippen molar-refractivity contribution in [3.8, 4) is 16.9 Å². The first-order chi connectivity index (χ1) is 25.1. The highest BCUT2D eigenvalue weighted by molar-refractivity contribution is 5.87. The van der Waals surface area contributed by atoms with Crippen LogP contribution in [0.1, 0.15) is 50.1 Å². The molecular weight excluding hydrogens is 654 g/mol. The number of benzene rings is 4. The van der Waals surface area contributed by atoms with E-state index in [0.717, 1.165) is 22.3 Å². The minimum absolute atomic E-state index is 0.0182. The fraction of sp³-hybridized carbons (Fsp3) is 0.455. The van der Waals surface area contributed by atoms with Gasteiger partial charge in [-0.3, -0.25) is 0 Å². The molecule has 0 aliphatic heterocycles. The third kappa shape index (κ3) is 9.49. The molecule has 8 nitrogen and oxygen atoms in total. The molecular formula is C44H58NO7+. The molecule has 0 fully saturated rings. The second-order valence-corrected chi connectivity index (χ2v) is 14.7. The molecule has 0 aromatic heterocycles. The molecule has 4 aromatic carbocycles. The summed E-state index contributed by atoms with van der Waals surface area (Å²) in [5.74, 6) is 0.862. The van der Waals surface area contributed by atoms with Crippen molar-refractivity contribution in [2.75, 3.05) is 94.3 Å². The number of rotatable bonds is 21. The Labute approximate surface area is 310 Å². The molecule has 52 heavy (non-hydrogen) atoms. The lowest BCUT2D eigenvalue weighted by molar-refractivity contribution is -0.884. The molecule has 0 atom stereocenters. The van der Waals surface area contributed by atoms with Crippen LogP contribution in [0.2, 0.25) is 0 Å². The summed E-state index contributed by atoms with van der Waals surface area (Å²) >= 11 is 0. The third-order valence-electron chi connectivity index (χ3n) is 9.49. The molecule has 0 heterocycles. The summed E-state index contributed by atoms with van der Waals surface area (Å²) in [5.41, 5.74) is 13.0. The van der Waals surface area contributed by atoms with E-state index < -0.39 is 5.41 Å². The van der Waals surface area contributed by atoms with Crippen molar-refractivity contribution in [2.45, 2.75) is 39.3 Å². The molecule has 1 aliphatic rings. The lowest BCUT2D eigenvalue weighted by Crippen LogP contribution is -2.34. The largest absolute Gasteiger partial charge is 0.491 e. The lowest BCUT2D eigenvalue weighted by Gasteiger charge is -2.35. The molecule has 1 aliphatic carbocycles. The van der Waals surface area contributed by atoms with Gasteiger partial charge in [-0.1, -0.05) is 71.8 Å².